The molecule has 0 spiro atoms. The van der Waals surface area contributed by atoms with E-state index in [4.69, 9.17) is 9.47 Å². The minimum atomic E-state index is -2.03. The van der Waals surface area contributed by atoms with Crippen LogP contribution in [-0.2, 0) is 25.5 Å². The average Bonchev–Trinajstić information content (AvgIpc) is 3.73. The van der Waals surface area contributed by atoms with Crippen LogP contribution in [0.4, 0.5) is 13.2 Å². The normalized spacial score (nSPS) is 39.1. The fourth-order valence-corrected chi connectivity index (χ4v) is 10.1. The van der Waals surface area contributed by atoms with Crippen molar-refractivity contribution in [3.63, 3.8) is 0 Å². The molecule has 236 valence electrons. The first kappa shape index (κ1) is 30.0. The lowest BCUT2D eigenvalue weighted by molar-refractivity contribution is -0.229. The number of carbonyl (C=O) groups is 2. The highest BCUT2D eigenvalue weighted by Crippen LogP contribution is 2.71. The first-order chi connectivity index (χ1) is 21.0. The second-order valence-electron chi connectivity index (χ2n) is 13.5. The van der Waals surface area contributed by atoms with Gasteiger partial charge in [0, 0.05) is 23.4 Å². The summed E-state index contributed by atoms with van der Waals surface area (Å²) in [6.45, 7) is 4.29. The lowest BCUT2D eigenvalue weighted by atomic mass is 9.44. The van der Waals surface area contributed by atoms with Gasteiger partial charge in [-0.15, -0.1) is 0 Å². The molecule has 7 rings (SSSR count). The van der Waals surface area contributed by atoms with Gasteiger partial charge in [-0.3, -0.25) is 9.59 Å². The first-order valence-electron chi connectivity index (χ1n) is 15.3. The Hall–Kier alpha value is -2.70. The molecule has 8 nitrogen and oxygen atoms in total. The molecule has 0 bridgehead atoms. The van der Waals surface area contributed by atoms with Crippen molar-refractivity contribution in [3.05, 3.63) is 47.3 Å². The Balaban J connectivity index is 1.25. The van der Waals surface area contributed by atoms with Crippen LogP contribution in [0.15, 0.2) is 30.1 Å². The third-order valence-corrected chi connectivity index (χ3v) is 12.4. The Bertz CT molecular complexity index is 1530. The standard InChI is InChI=1S/C32H36F3N3O5S/c1-29-12-19-14-37-38(21-4-6-26(34)36-15-21)24(19)11-20(29)3-5-23-22-7-9-31(28(41)44-17-33,43-27(40)18-8-10-42-16-18)30(22,2)13-25(39)32(23,29)35/h4,6,11,14-15,18,22-23,25,39H,3,5,7-10,12-13,16-17H2,1-2H3/t18?,22-,23-,25-,29-,30-,31-,32-/m0/s1. The van der Waals surface area contributed by atoms with Crippen LogP contribution in [0.3, 0.4) is 0 Å². The number of fused-ring (bicyclic) bond motifs is 6. The van der Waals surface area contributed by atoms with Crippen molar-refractivity contribution < 1.29 is 37.3 Å². The molecule has 2 aromatic heterocycles. The summed E-state index contributed by atoms with van der Waals surface area (Å²) in [4.78, 5) is 30.7. The second-order valence-corrected chi connectivity index (χ2v) is 14.4. The molecule has 2 aromatic rings. The molecule has 0 amide bonds. The summed E-state index contributed by atoms with van der Waals surface area (Å²) in [5.41, 5.74) is -2.81. The Morgan fingerprint density at radius 2 is 2.02 bits per heavy atom. The van der Waals surface area contributed by atoms with Crippen LogP contribution in [0.2, 0.25) is 0 Å². The Kier molecular flexibility index (Phi) is 7.10. The fourth-order valence-electron chi connectivity index (χ4n) is 9.43. The highest BCUT2D eigenvalue weighted by Gasteiger charge is 2.76. The Morgan fingerprint density at radius 3 is 2.73 bits per heavy atom. The number of allylic oxidation sites excluding steroid dienone is 1. The van der Waals surface area contributed by atoms with Crippen molar-refractivity contribution in [3.8, 4) is 5.69 Å². The predicted octanol–water partition coefficient (Wildman–Crippen LogP) is 5.16. The summed E-state index contributed by atoms with van der Waals surface area (Å²) in [6.07, 6.45) is 5.81. The number of aromatic nitrogens is 3. The average molecular weight is 632 g/mol. The summed E-state index contributed by atoms with van der Waals surface area (Å²) in [5.74, 6) is -2.66. The van der Waals surface area contributed by atoms with Crippen LogP contribution >= 0.6 is 11.8 Å². The lowest BCUT2D eigenvalue weighted by Crippen LogP contribution is -2.70. The van der Waals surface area contributed by atoms with E-state index >= 15 is 4.39 Å². The number of carbonyl (C=O) groups excluding carboxylic acids is 2. The smallest absolute Gasteiger partial charge is 0.312 e. The van der Waals surface area contributed by atoms with Crippen LogP contribution < -0.4 is 0 Å². The number of halogens is 3. The van der Waals surface area contributed by atoms with Crippen molar-refractivity contribution in [2.45, 2.75) is 76.2 Å². The second kappa shape index (κ2) is 10.4. The number of pyridine rings is 1. The van der Waals surface area contributed by atoms with Crippen molar-refractivity contribution in [2.24, 2.45) is 28.6 Å². The number of nitrogens with zero attached hydrogens (tertiary/aromatic N) is 3. The Morgan fingerprint density at radius 1 is 1.20 bits per heavy atom. The first-order valence-corrected chi connectivity index (χ1v) is 16.3. The number of alkyl halides is 2. The van der Waals surface area contributed by atoms with Gasteiger partial charge in [0.2, 0.25) is 11.1 Å². The van der Waals surface area contributed by atoms with Crippen LogP contribution in [0.1, 0.15) is 63.6 Å². The number of ether oxygens (including phenoxy) is 2. The summed E-state index contributed by atoms with van der Waals surface area (Å²) < 4.78 is 58.3. The van der Waals surface area contributed by atoms with Crippen LogP contribution in [0, 0.1) is 34.5 Å². The van der Waals surface area contributed by atoms with Gasteiger partial charge in [-0.2, -0.15) is 9.49 Å². The third kappa shape index (κ3) is 3.98. The molecule has 1 N–H and O–H groups in total. The van der Waals surface area contributed by atoms with E-state index in [9.17, 15) is 23.5 Å². The summed E-state index contributed by atoms with van der Waals surface area (Å²) in [6, 6.07) is 1.88. The number of aliphatic hydroxyl groups is 1. The van der Waals surface area contributed by atoms with E-state index < -0.39 is 63.1 Å². The minimum Gasteiger partial charge on any atom is -0.449 e. The molecule has 5 aliphatic rings. The van der Waals surface area contributed by atoms with E-state index in [0.29, 0.717) is 56.2 Å². The monoisotopic (exact) mass is 631 g/mol. The quantitative estimate of drug-likeness (QED) is 0.357. The van der Waals surface area contributed by atoms with Gasteiger partial charge in [-0.1, -0.05) is 19.4 Å². The zero-order valence-electron chi connectivity index (χ0n) is 24.7. The minimum absolute atomic E-state index is 0.103. The molecular weight excluding hydrogens is 595 g/mol. The third-order valence-electron chi connectivity index (χ3n) is 11.7. The van der Waals surface area contributed by atoms with Gasteiger partial charge >= 0.3 is 5.97 Å². The van der Waals surface area contributed by atoms with E-state index in [-0.39, 0.29) is 25.4 Å². The molecule has 4 fully saturated rings. The number of thioether (sulfide) groups is 1. The highest BCUT2D eigenvalue weighted by atomic mass is 32.2. The summed E-state index contributed by atoms with van der Waals surface area (Å²) in [5, 5.41) is 15.8. The molecule has 44 heavy (non-hydrogen) atoms. The molecule has 1 unspecified atom stereocenters. The van der Waals surface area contributed by atoms with E-state index in [1.54, 1.807) is 16.9 Å². The van der Waals surface area contributed by atoms with Gasteiger partial charge in [0.15, 0.2) is 5.60 Å². The number of aliphatic hydroxyl groups excluding tert-OH is 1. The van der Waals surface area contributed by atoms with Crippen molar-refractivity contribution in [1.29, 1.82) is 0 Å². The van der Waals surface area contributed by atoms with Crippen LogP contribution in [-0.4, -0.2) is 67.5 Å². The number of esters is 1. The molecule has 3 heterocycles. The number of hydrogen-bond acceptors (Lipinski definition) is 8. The largest absolute Gasteiger partial charge is 0.449 e. The number of hydrogen-bond donors (Lipinski definition) is 1. The lowest BCUT2D eigenvalue weighted by Gasteiger charge is -2.63. The molecule has 3 saturated carbocycles. The Labute approximate surface area is 257 Å². The van der Waals surface area contributed by atoms with Gasteiger partial charge in [-0.05, 0) is 86.4 Å². The summed E-state index contributed by atoms with van der Waals surface area (Å²) >= 11 is 0.474. The molecular formula is C32H36F3N3O5S. The SMILES string of the molecule is C[C@]12Cc3cnn(-c4ccc(F)nc4)c3C=C1CC[C@H]1[C@@H]3CC[C@](OC(=O)C4CCOC4)(C(=O)SCF)[C@@]3(C)C[C@H](O)[C@@]12F. The topological polar surface area (TPSA) is 104 Å². The maximum Gasteiger partial charge on any atom is 0.312 e. The van der Waals surface area contributed by atoms with Gasteiger partial charge in [0.05, 0.1) is 42.4 Å². The molecule has 8 atom stereocenters. The van der Waals surface area contributed by atoms with Gasteiger partial charge in [-0.25, -0.2) is 18.4 Å². The molecule has 1 aliphatic heterocycles. The van der Waals surface area contributed by atoms with Gasteiger partial charge in [0.1, 0.15) is 11.7 Å². The maximum absolute atomic E-state index is 18.1. The maximum atomic E-state index is 18.1. The zero-order valence-corrected chi connectivity index (χ0v) is 25.5. The molecule has 12 heteroatoms. The number of rotatable bonds is 5. The fraction of sp³-hybridized carbons (Fsp3) is 0.625. The van der Waals surface area contributed by atoms with Gasteiger partial charge in [0.25, 0.3) is 0 Å². The van der Waals surface area contributed by atoms with Crippen molar-refractivity contribution in [1.82, 2.24) is 14.8 Å². The molecule has 0 aromatic carbocycles. The van der Waals surface area contributed by atoms with Crippen molar-refractivity contribution >= 4 is 28.9 Å². The highest BCUT2D eigenvalue weighted by molar-refractivity contribution is 8.13. The zero-order chi connectivity index (χ0) is 31.1. The van der Waals surface area contributed by atoms with E-state index in [2.05, 4.69) is 10.1 Å². The summed E-state index contributed by atoms with van der Waals surface area (Å²) in [7, 11) is 0. The van der Waals surface area contributed by atoms with E-state index in [1.807, 2.05) is 19.9 Å². The van der Waals surface area contributed by atoms with Crippen LogP contribution in [0.5, 0.6) is 0 Å². The van der Waals surface area contributed by atoms with Crippen molar-refractivity contribution in [2.75, 3.05) is 19.2 Å². The van der Waals surface area contributed by atoms with E-state index in [1.165, 1.54) is 12.3 Å². The predicted molar refractivity (Wildman–Crippen MR) is 155 cm³/mol. The van der Waals surface area contributed by atoms with E-state index in [0.717, 1.165) is 16.8 Å². The van der Waals surface area contributed by atoms with Crippen LogP contribution in [0.25, 0.3) is 11.8 Å². The molecule has 1 saturated heterocycles. The molecule has 4 aliphatic carbocycles. The van der Waals surface area contributed by atoms with Gasteiger partial charge < -0.3 is 14.6 Å². The molecule has 0 radical (unpaired) electrons.